The van der Waals surface area contributed by atoms with Gasteiger partial charge in [0.2, 0.25) is 0 Å². The quantitative estimate of drug-likeness (QED) is 0.116. The zero-order chi connectivity index (χ0) is 35.8. The predicted octanol–water partition coefficient (Wildman–Crippen LogP) is 6.82. The standard InChI is InChI=1S/C43H46N9O/c1-34-15-26-52(47-34)22-8-21-50-32-45-40(35-9-4-2-5-10-35)42(50)38-16-23-48(24-17-38)25-18-39(49-27-29-53-30-28-49)31-51-33-46-41(36-11-6-3-7-12-36)43(51)37-13-19-44-20-14-37/h2-7,9-17,19-20,23-24,26,32-33,39H,8,18,21-22,25,27-31H2,1H3/q+1. The van der Waals surface area contributed by atoms with Gasteiger partial charge in [0.1, 0.15) is 6.54 Å². The second-order valence-corrected chi connectivity index (χ2v) is 13.7. The fourth-order valence-electron chi connectivity index (χ4n) is 7.41. The molecule has 10 nitrogen and oxygen atoms in total. The van der Waals surface area contributed by atoms with E-state index in [1.165, 1.54) is 0 Å². The van der Waals surface area contributed by atoms with Gasteiger partial charge in [0.05, 0.1) is 54.3 Å². The van der Waals surface area contributed by atoms with Gasteiger partial charge in [-0.3, -0.25) is 14.6 Å². The Morgan fingerprint density at radius 1 is 0.698 bits per heavy atom. The zero-order valence-electron chi connectivity index (χ0n) is 30.3. The molecule has 8 rings (SSSR count). The van der Waals surface area contributed by atoms with Crippen molar-refractivity contribution in [3.8, 4) is 45.0 Å². The molecule has 2 aromatic carbocycles. The molecular weight excluding hydrogens is 659 g/mol. The molecule has 0 bridgehead atoms. The smallest absolute Gasteiger partial charge is 0.169 e. The molecule has 268 valence electrons. The van der Waals surface area contributed by atoms with Crippen LogP contribution in [-0.4, -0.2) is 71.1 Å². The van der Waals surface area contributed by atoms with Gasteiger partial charge >= 0.3 is 0 Å². The maximum Gasteiger partial charge on any atom is 0.169 e. The number of benzene rings is 2. The van der Waals surface area contributed by atoms with E-state index in [0.717, 1.165) is 116 Å². The predicted molar refractivity (Wildman–Crippen MR) is 207 cm³/mol. The molecule has 0 aliphatic carbocycles. The minimum atomic E-state index is 0.300. The van der Waals surface area contributed by atoms with Crippen molar-refractivity contribution in [2.75, 3.05) is 26.3 Å². The Morgan fingerprint density at radius 2 is 1.32 bits per heavy atom. The largest absolute Gasteiger partial charge is 0.379 e. The van der Waals surface area contributed by atoms with Gasteiger partial charge in [-0.25, -0.2) is 14.5 Å². The summed E-state index contributed by atoms with van der Waals surface area (Å²) in [4.78, 5) is 16.8. The molecule has 0 saturated carbocycles. The number of ether oxygens (including phenoxy) is 1. The number of nitrogens with zero attached hydrogens (tertiary/aromatic N) is 9. The molecule has 1 saturated heterocycles. The molecule has 1 atom stereocenters. The van der Waals surface area contributed by atoms with Crippen molar-refractivity contribution in [3.05, 3.63) is 140 Å². The van der Waals surface area contributed by atoms with Crippen molar-refractivity contribution < 1.29 is 9.30 Å². The van der Waals surface area contributed by atoms with Crippen molar-refractivity contribution in [2.24, 2.45) is 0 Å². The maximum absolute atomic E-state index is 5.78. The van der Waals surface area contributed by atoms with Crippen LogP contribution in [0, 0.1) is 6.92 Å². The summed E-state index contributed by atoms with van der Waals surface area (Å²) in [6, 6.07) is 31.9. The summed E-state index contributed by atoms with van der Waals surface area (Å²) in [5, 5.41) is 4.57. The van der Waals surface area contributed by atoms with E-state index in [0.29, 0.717) is 6.04 Å². The molecule has 0 spiro atoms. The Balaban J connectivity index is 1.03. The summed E-state index contributed by atoms with van der Waals surface area (Å²) < 4.78 is 14.7. The first kappa shape index (κ1) is 34.4. The van der Waals surface area contributed by atoms with Crippen LogP contribution in [0.1, 0.15) is 18.5 Å². The van der Waals surface area contributed by atoms with Gasteiger partial charge in [-0.2, -0.15) is 5.10 Å². The second kappa shape index (κ2) is 16.3. The molecule has 0 radical (unpaired) electrons. The Bertz CT molecular complexity index is 2190. The first-order valence-electron chi connectivity index (χ1n) is 18.6. The molecule has 7 aromatic rings. The first-order chi connectivity index (χ1) is 26.2. The lowest BCUT2D eigenvalue weighted by Crippen LogP contribution is -2.47. The molecule has 1 unspecified atom stereocenters. The van der Waals surface area contributed by atoms with Crippen LogP contribution >= 0.6 is 0 Å². The third-order valence-electron chi connectivity index (χ3n) is 10.1. The van der Waals surface area contributed by atoms with Crippen molar-refractivity contribution in [1.29, 1.82) is 0 Å². The third kappa shape index (κ3) is 8.04. The van der Waals surface area contributed by atoms with Gasteiger partial charge in [-0.1, -0.05) is 60.7 Å². The average molecular weight is 705 g/mol. The van der Waals surface area contributed by atoms with Crippen molar-refractivity contribution in [2.45, 2.75) is 52.0 Å². The highest BCUT2D eigenvalue weighted by Crippen LogP contribution is 2.33. The number of aromatic nitrogens is 8. The molecule has 5 aromatic heterocycles. The molecule has 1 fully saturated rings. The summed E-state index contributed by atoms with van der Waals surface area (Å²) in [7, 11) is 0. The first-order valence-corrected chi connectivity index (χ1v) is 18.6. The molecule has 1 aliphatic rings. The van der Waals surface area contributed by atoms with Gasteiger partial charge in [-0.15, -0.1) is 0 Å². The molecule has 0 amide bonds. The topological polar surface area (TPSA) is 82.7 Å². The van der Waals surface area contributed by atoms with Gasteiger partial charge in [0, 0.05) is 98.2 Å². The SMILES string of the molecule is Cc1ccn(CCCn2cnc(-c3ccccc3)c2-c2cc[n+](CCC(Cn3cnc(-c4ccccc4)c3-c3ccncc3)N3CCOCC3)cc2)n1. The average Bonchev–Trinajstić information content (AvgIpc) is 3.96. The van der Waals surface area contributed by atoms with E-state index in [1.807, 2.05) is 42.7 Å². The van der Waals surface area contributed by atoms with Gasteiger partial charge in [0.15, 0.2) is 12.4 Å². The van der Waals surface area contributed by atoms with Crippen LogP contribution in [0.2, 0.25) is 0 Å². The number of morpholine rings is 1. The minimum absolute atomic E-state index is 0.300. The van der Waals surface area contributed by atoms with E-state index >= 15 is 0 Å². The van der Waals surface area contributed by atoms with Crippen LogP contribution < -0.4 is 4.57 Å². The summed E-state index contributed by atoms with van der Waals surface area (Å²) in [5.74, 6) is 0. The van der Waals surface area contributed by atoms with Gasteiger partial charge in [-0.05, 0) is 31.5 Å². The Labute approximate surface area is 311 Å². The Hall–Kier alpha value is -5.71. The monoisotopic (exact) mass is 704 g/mol. The highest BCUT2D eigenvalue weighted by molar-refractivity contribution is 5.79. The van der Waals surface area contributed by atoms with Gasteiger partial charge in [0.25, 0.3) is 0 Å². The third-order valence-corrected chi connectivity index (χ3v) is 10.1. The van der Waals surface area contributed by atoms with Gasteiger partial charge < -0.3 is 13.9 Å². The second-order valence-electron chi connectivity index (χ2n) is 13.7. The number of hydrogen-bond donors (Lipinski definition) is 0. The summed E-state index contributed by atoms with van der Waals surface area (Å²) in [6.07, 6.45) is 16.2. The van der Waals surface area contributed by atoms with E-state index in [4.69, 9.17) is 14.7 Å². The van der Waals surface area contributed by atoms with Crippen LogP contribution in [0.3, 0.4) is 0 Å². The van der Waals surface area contributed by atoms with Crippen LogP contribution in [0.5, 0.6) is 0 Å². The fraction of sp³-hybridized carbons (Fsp3) is 0.279. The van der Waals surface area contributed by atoms with Crippen molar-refractivity contribution in [3.63, 3.8) is 0 Å². The molecular formula is C43H46N9O+. The zero-order valence-corrected chi connectivity index (χ0v) is 30.3. The number of imidazole rings is 2. The summed E-state index contributed by atoms with van der Waals surface area (Å²) >= 11 is 0. The van der Waals surface area contributed by atoms with Crippen LogP contribution in [0.4, 0.5) is 0 Å². The van der Waals surface area contributed by atoms with Crippen molar-refractivity contribution in [1.82, 2.24) is 38.8 Å². The Kier molecular flexibility index (Phi) is 10.6. The molecule has 10 heteroatoms. The van der Waals surface area contributed by atoms with E-state index < -0.39 is 0 Å². The van der Waals surface area contributed by atoms with E-state index in [1.54, 1.807) is 0 Å². The molecule has 0 N–H and O–H groups in total. The Morgan fingerprint density at radius 3 is 1.96 bits per heavy atom. The normalized spacial score (nSPS) is 14.1. The van der Waals surface area contributed by atoms with Crippen molar-refractivity contribution >= 4 is 0 Å². The number of pyridine rings is 2. The molecule has 1 aliphatic heterocycles. The highest BCUT2D eigenvalue weighted by Gasteiger charge is 2.26. The van der Waals surface area contributed by atoms with Crippen LogP contribution in [0.25, 0.3) is 45.0 Å². The molecule has 6 heterocycles. The highest BCUT2D eigenvalue weighted by atomic mass is 16.5. The minimum Gasteiger partial charge on any atom is -0.379 e. The van der Waals surface area contributed by atoms with E-state index in [2.05, 4.69) is 132 Å². The lowest BCUT2D eigenvalue weighted by atomic mass is 10.0. The molecule has 53 heavy (non-hydrogen) atoms. The van der Waals surface area contributed by atoms with Crippen LogP contribution in [-0.2, 0) is 30.9 Å². The lowest BCUT2D eigenvalue weighted by Gasteiger charge is -2.34. The van der Waals surface area contributed by atoms with Crippen LogP contribution in [0.15, 0.2) is 135 Å². The van der Waals surface area contributed by atoms with E-state index in [9.17, 15) is 0 Å². The maximum atomic E-state index is 5.78. The summed E-state index contributed by atoms with van der Waals surface area (Å²) in [5.41, 5.74) is 9.82. The number of hydrogen-bond acceptors (Lipinski definition) is 6. The number of aryl methyl sites for hydroxylation is 4. The number of rotatable bonds is 14. The lowest BCUT2D eigenvalue weighted by molar-refractivity contribution is -0.697. The summed E-state index contributed by atoms with van der Waals surface area (Å²) in [6.45, 7) is 8.82. The van der Waals surface area contributed by atoms with E-state index in [-0.39, 0.29) is 0 Å². The fourth-order valence-corrected chi connectivity index (χ4v) is 7.41.